The summed E-state index contributed by atoms with van der Waals surface area (Å²) < 4.78 is 11.0. The molecule has 1 aliphatic rings. The van der Waals surface area contributed by atoms with Gasteiger partial charge >= 0.3 is 0 Å². The molecule has 5 nitrogen and oxygen atoms in total. The molecule has 0 aliphatic carbocycles. The van der Waals surface area contributed by atoms with Crippen LogP contribution in [0.25, 0.3) is 0 Å². The van der Waals surface area contributed by atoms with Crippen molar-refractivity contribution in [1.82, 2.24) is 5.32 Å². The highest BCUT2D eigenvalue weighted by Gasteiger charge is 2.13. The minimum atomic E-state index is -0.131. The standard InChI is InChI=1S/C22H28N2O3/c1-16(2)27-20-11-8-18(14-21(20)26-3)22(25)23-15-17-6-9-19(10-7-17)24-12-4-5-13-24/h6-11,14,16H,4-5,12-13,15H2,1-3H3,(H,23,25). The molecule has 0 atom stereocenters. The molecule has 1 heterocycles. The van der Waals surface area contributed by atoms with Gasteiger partial charge in [-0.1, -0.05) is 12.1 Å². The lowest BCUT2D eigenvalue weighted by atomic mass is 10.1. The zero-order chi connectivity index (χ0) is 19.2. The number of benzene rings is 2. The Morgan fingerprint density at radius 1 is 1.07 bits per heavy atom. The second-order valence-electron chi connectivity index (χ2n) is 7.08. The van der Waals surface area contributed by atoms with E-state index in [1.807, 2.05) is 13.8 Å². The summed E-state index contributed by atoms with van der Waals surface area (Å²) in [6, 6.07) is 13.7. The van der Waals surface area contributed by atoms with Crippen molar-refractivity contribution in [2.45, 2.75) is 39.3 Å². The van der Waals surface area contributed by atoms with Crippen LogP contribution in [0.3, 0.4) is 0 Å². The van der Waals surface area contributed by atoms with Gasteiger partial charge in [-0.3, -0.25) is 4.79 Å². The van der Waals surface area contributed by atoms with Crippen LogP contribution in [0, 0.1) is 0 Å². The number of hydrogen-bond donors (Lipinski definition) is 1. The first kappa shape index (κ1) is 19.1. The van der Waals surface area contributed by atoms with Crippen molar-refractivity contribution in [2.24, 2.45) is 0 Å². The number of amides is 1. The first-order valence-electron chi connectivity index (χ1n) is 9.53. The van der Waals surface area contributed by atoms with Gasteiger partial charge in [0.25, 0.3) is 5.91 Å². The molecule has 0 saturated carbocycles. The van der Waals surface area contributed by atoms with E-state index < -0.39 is 0 Å². The van der Waals surface area contributed by atoms with E-state index in [0.717, 1.165) is 18.7 Å². The van der Waals surface area contributed by atoms with Crippen LogP contribution in [-0.2, 0) is 6.54 Å². The molecule has 0 spiro atoms. The number of carbonyl (C=O) groups excluding carboxylic acids is 1. The number of nitrogens with one attached hydrogen (secondary N) is 1. The Hall–Kier alpha value is -2.69. The van der Waals surface area contributed by atoms with Gasteiger partial charge < -0.3 is 19.7 Å². The van der Waals surface area contributed by atoms with Gasteiger partial charge in [-0.25, -0.2) is 0 Å². The van der Waals surface area contributed by atoms with Gasteiger partial charge in [0.15, 0.2) is 11.5 Å². The van der Waals surface area contributed by atoms with Crippen LogP contribution in [0.5, 0.6) is 11.5 Å². The van der Waals surface area contributed by atoms with Gasteiger partial charge in [0.1, 0.15) is 0 Å². The average molecular weight is 368 g/mol. The van der Waals surface area contributed by atoms with Gasteiger partial charge in [-0.2, -0.15) is 0 Å². The van der Waals surface area contributed by atoms with Crippen LogP contribution >= 0.6 is 0 Å². The lowest BCUT2D eigenvalue weighted by Crippen LogP contribution is -2.23. The third kappa shape index (κ3) is 4.94. The number of ether oxygens (including phenoxy) is 2. The molecule has 1 fully saturated rings. The second-order valence-corrected chi connectivity index (χ2v) is 7.08. The summed E-state index contributed by atoms with van der Waals surface area (Å²) in [6.45, 7) is 6.67. The van der Waals surface area contributed by atoms with Crippen LogP contribution in [-0.4, -0.2) is 32.2 Å². The van der Waals surface area contributed by atoms with Crippen molar-refractivity contribution in [2.75, 3.05) is 25.1 Å². The second kappa shape index (κ2) is 8.80. The summed E-state index contributed by atoms with van der Waals surface area (Å²) in [5.74, 6) is 1.07. The highest BCUT2D eigenvalue weighted by molar-refractivity contribution is 5.94. The van der Waals surface area contributed by atoms with Gasteiger partial charge in [-0.05, 0) is 62.6 Å². The molecule has 0 bridgehead atoms. The SMILES string of the molecule is COc1cc(C(=O)NCc2ccc(N3CCCC3)cc2)ccc1OC(C)C. The molecule has 1 saturated heterocycles. The van der Waals surface area contributed by atoms with E-state index in [1.165, 1.54) is 18.5 Å². The maximum absolute atomic E-state index is 12.5. The molecule has 1 aliphatic heterocycles. The summed E-state index contributed by atoms with van der Waals surface area (Å²) in [6.07, 6.45) is 2.58. The monoisotopic (exact) mass is 368 g/mol. The van der Waals surface area contributed by atoms with Crippen molar-refractivity contribution in [3.05, 3.63) is 53.6 Å². The fourth-order valence-corrected chi connectivity index (χ4v) is 3.24. The smallest absolute Gasteiger partial charge is 0.251 e. The lowest BCUT2D eigenvalue weighted by Gasteiger charge is -2.17. The van der Waals surface area contributed by atoms with E-state index in [9.17, 15) is 4.79 Å². The maximum Gasteiger partial charge on any atom is 0.251 e. The number of nitrogens with zero attached hydrogens (tertiary/aromatic N) is 1. The molecule has 2 aromatic carbocycles. The quantitative estimate of drug-likeness (QED) is 0.802. The molecule has 27 heavy (non-hydrogen) atoms. The van der Waals surface area contributed by atoms with Crippen LogP contribution in [0.2, 0.25) is 0 Å². The number of rotatable bonds is 7. The number of anilines is 1. The largest absolute Gasteiger partial charge is 0.493 e. The van der Waals surface area contributed by atoms with Crippen LogP contribution in [0.4, 0.5) is 5.69 Å². The Morgan fingerprint density at radius 2 is 1.78 bits per heavy atom. The minimum Gasteiger partial charge on any atom is -0.493 e. The zero-order valence-electron chi connectivity index (χ0n) is 16.3. The third-order valence-corrected chi connectivity index (χ3v) is 4.65. The van der Waals surface area contributed by atoms with E-state index >= 15 is 0 Å². The summed E-state index contributed by atoms with van der Waals surface area (Å²) in [5.41, 5.74) is 2.89. The van der Waals surface area contributed by atoms with Gasteiger partial charge in [0, 0.05) is 30.9 Å². The van der Waals surface area contributed by atoms with Crippen molar-refractivity contribution >= 4 is 11.6 Å². The molecule has 144 valence electrons. The topological polar surface area (TPSA) is 50.8 Å². The van der Waals surface area contributed by atoms with Crippen molar-refractivity contribution in [3.63, 3.8) is 0 Å². The molecule has 0 radical (unpaired) electrons. The van der Waals surface area contributed by atoms with Crippen molar-refractivity contribution in [1.29, 1.82) is 0 Å². The zero-order valence-corrected chi connectivity index (χ0v) is 16.3. The predicted octanol–water partition coefficient (Wildman–Crippen LogP) is 4.01. The Morgan fingerprint density at radius 3 is 2.41 bits per heavy atom. The fraction of sp³-hybridized carbons (Fsp3) is 0.409. The van der Waals surface area contributed by atoms with Crippen LogP contribution in [0.1, 0.15) is 42.6 Å². The molecular formula is C22H28N2O3. The van der Waals surface area contributed by atoms with Gasteiger partial charge in [0.05, 0.1) is 13.2 Å². The van der Waals surface area contributed by atoms with Crippen molar-refractivity contribution < 1.29 is 14.3 Å². The Bertz CT molecular complexity index is 766. The highest BCUT2D eigenvalue weighted by atomic mass is 16.5. The van der Waals surface area contributed by atoms with Crippen molar-refractivity contribution in [3.8, 4) is 11.5 Å². The molecular weight excluding hydrogens is 340 g/mol. The maximum atomic E-state index is 12.5. The minimum absolute atomic E-state index is 0.0436. The van der Waals surface area contributed by atoms with E-state index in [4.69, 9.17) is 9.47 Å². The lowest BCUT2D eigenvalue weighted by molar-refractivity contribution is 0.0950. The van der Waals surface area contributed by atoms with Gasteiger partial charge in [-0.15, -0.1) is 0 Å². The summed E-state index contributed by atoms with van der Waals surface area (Å²) in [5, 5.41) is 2.97. The molecule has 0 aromatic heterocycles. The predicted molar refractivity (Wildman–Crippen MR) is 108 cm³/mol. The highest BCUT2D eigenvalue weighted by Crippen LogP contribution is 2.29. The Kier molecular flexibility index (Phi) is 6.22. The molecule has 1 N–H and O–H groups in total. The molecule has 3 rings (SSSR count). The van der Waals surface area contributed by atoms with Crippen LogP contribution < -0.4 is 19.7 Å². The van der Waals surface area contributed by atoms with E-state index in [-0.39, 0.29) is 12.0 Å². The molecule has 2 aromatic rings. The van der Waals surface area contributed by atoms with E-state index in [1.54, 1.807) is 25.3 Å². The Labute approximate surface area is 161 Å². The summed E-state index contributed by atoms with van der Waals surface area (Å²) in [7, 11) is 1.58. The van der Waals surface area contributed by atoms with Gasteiger partial charge in [0.2, 0.25) is 0 Å². The number of carbonyl (C=O) groups is 1. The summed E-state index contributed by atoms with van der Waals surface area (Å²) in [4.78, 5) is 14.9. The Balaban J connectivity index is 1.60. The molecule has 1 amide bonds. The number of hydrogen-bond acceptors (Lipinski definition) is 4. The van der Waals surface area contributed by atoms with Crippen LogP contribution in [0.15, 0.2) is 42.5 Å². The van der Waals surface area contributed by atoms with E-state index in [0.29, 0.717) is 23.6 Å². The molecule has 0 unspecified atom stereocenters. The first-order valence-corrected chi connectivity index (χ1v) is 9.53. The summed E-state index contributed by atoms with van der Waals surface area (Å²) >= 11 is 0. The number of methoxy groups -OCH3 is 1. The average Bonchev–Trinajstić information content (AvgIpc) is 3.21. The molecule has 5 heteroatoms. The third-order valence-electron chi connectivity index (χ3n) is 4.65. The first-order chi connectivity index (χ1) is 13.1. The normalized spacial score (nSPS) is 13.7. The van der Waals surface area contributed by atoms with E-state index in [2.05, 4.69) is 34.5 Å². The fourth-order valence-electron chi connectivity index (χ4n) is 3.24.